The number of hydrogen-bond donors (Lipinski definition) is 1. The molecule has 0 radical (unpaired) electrons. The molecule has 1 unspecified atom stereocenters. The monoisotopic (exact) mass is 346 g/mol. The quantitative estimate of drug-likeness (QED) is 0.288. The van der Waals surface area contributed by atoms with Crippen molar-refractivity contribution in [2.75, 3.05) is 0 Å². The van der Waals surface area contributed by atoms with Crippen LogP contribution >= 0.6 is 0 Å². The van der Waals surface area contributed by atoms with Crippen LogP contribution in [0.1, 0.15) is 90.4 Å². The van der Waals surface area contributed by atoms with Crippen LogP contribution in [-0.2, 0) is 10.1 Å². The molecule has 21 heavy (non-hydrogen) atoms. The Kier molecular flexibility index (Phi) is 19.3. The first-order valence-corrected chi connectivity index (χ1v) is 9.58. The van der Waals surface area contributed by atoms with E-state index < -0.39 is 15.6 Å². The van der Waals surface area contributed by atoms with Gasteiger partial charge in [-0.05, 0) is 12.8 Å². The van der Waals surface area contributed by atoms with Crippen molar-refractivity contribution in [3.63, 3.8) is 0 Å². The van der Waals surface area contributed by atoms with Gasteiger partial charge in [0.25, 0.3) is 0 Å². The minimum Gasteiger partial charge on any atom is -0.746 e. The van der Waals surface area contributed by atoms with Crippen molar-refractivity contribution in [3.05, 3.63) is 0 Å². The molecule has 0 fully saturated rings. The summed E-state index contributed by atoms with van der Waals surface area (Å²) in [4.78, 5) is 0. The fourth-order valence-electron chi connectivity index (χ4n) is 2.30. The summed E-state index contributed by atoms with van der Waals surface area (Å²) in [7, 11) is -4.51. The third-order valence-corrected chi connectivity index (χ3v) is 4.54. The fourth-order valence-corrected chi connectivity index (χ4v) is 2.76. The Morgan fingerprint density at radius 2 is 1.14 bits per heavy atom. The van der Waals surface area contributed by atoms with Crippen molar-refractivity contribution >= 4 is 10.1 Å². The summed E-state index contributed by atoms with van der Waals surface area (Å²) in [6, 6.07) is 0. The van der Waals surface area contributed by atoms with Gasteiger partial charge in [0.2, 0.25) is 0 Å². The summed E-state index contributed by atoms with van der Waals surface area (Å²) in [6.07, 6.45) is 14.3. The zero-order valence-corrected chi connectivity index (χ0v) is 17.8. The molecule has 0 aromatic rings. The number of rotatable bonds is 14. The van der Waals surface area contributed by atoms with Crippen LogP contribution < -0.4 is 51.4 Å². The van der Waals surface area contributed by atoms with E-state index in [-0.39, 0.29) is 57.8 Å². The molecule has 4 nitrogen and oxygen atoms in total. The second kappa shape index (κ2) is 16.4. The maximum atomic E-state index is 10.5. The smallest absolute Gasteiger partial charge is 0.746 e. The zero-order chi connectivity index (χ0) is 15.3. The van der Waals surface area contributed by atoms with Gasteiger partial charge >= 0.3 is 51.4 Å². The predicted octanol–water partition coefficient (Wildman–Crippen LogP) is 0.945. The molecule has 0 heterocycles. The average molecular weight is 347 g/mol. The molecule has 0 aromatic carbocycles. The topological polar surface area (TPSA) is 77.4 Å². The summed E-state index contributed by atoms with van der Waals surface area (Å²) in [6.45, 7) is 2.23. The normalized spacial score (nSPS) is 12.9. The van der Waals surface area contributed by atoms with Crippen LogP contribution in [-0.4, -0.2) is 23.5 Å². The SMILES string of the molecule is CCCCCCCCCCCCCCC(O)S(=O)(=O)[O-].[K+]. The van der Waals surface area contributed by atoms with Crippen LogP contribution in [0, 0.1) is 0 Å². The summed E-state index contributed by atoms with van der Waals surface area (Å²) in [5.41, 5.74) is -1.72. The largest absolute Gasteiger partial charge is 1.00 e. The summed E-state index contributed by atoms with van der Waals surface area (Å²) in [5, 5.41) is 9.05. The molecule has 0 spiro atoms. The minimum atomic E-state index is -4.51. The Morgan fingerprint density at radius 3 is 1.48 bits per heavy atom. The van der Waals surface area contributed by atoms with Crippen molar-refractivity contribution in [2.45, 2.75) is 95.8 Å². The molecule has 6 heteroatoms. The van der Waals surface area contributed by atoms with Gasteiger partial charge in [-0.1, -0.05) is 77.6 Å². The van der Waals surface area contributed by atoms with E-state index in [9.17, 15) is 13.0 Å². The van der Waals surface area contributed by atoms with Crippen LogP contribution in [0.25, 0.3) is 0 Å². The van der Waals surface area contributed by atoms with Crippen molar-refractivity contribution in [1.82, 2.24) is 0 Å². The summed E-state index contributed by atoms with van der Waals surface area (Å²) < 4.78 is 31.4. The molecule has 0 aromatic heterocycles. The molecule has 0 aliphatic rings. The maximum absolute atomic E-state index is 10.5. The first kappa shape index (κ1) is 24.8. The summed E-state index contributed by atoms with van der Waals surface area (Å²) >= 11 is 0. The molecule has 1 N–H and O–H groups in total. The first-order chi connectivity index (χ1) is 9.48. The zero-order valence-electron chi connectivity index (χ0n) is 13.8. The van der Waals surface area contributed by atoms with Gasteiger partial charge in [-0.15, -0.1) is 0 Å². The van der Waals surface area contributed by atoms with E-state index in [1.807, 2.05) is 0 Å². The second-order valence-electron chi connectivity index (χ2n) is 5.63. The van der Waals surface area contributed by atoms with Gasteiger partial charge in [0.05, 0.1) is 0 Å². The van der Waals surface area contributed by atoms with Crippen molar-refractivity contribution in [3.8, 4) is 0 Å². The predicted molar refractivity (Wildman–Crippen MR) is 81.4 cm³/mol. The Bertz CT molecular complexity index is 307. The Hall–Kier alpha value is 1.51. The van der Waals surface area contributed by atoms with Gasteiger partial charge in [-0.2, -0.15) is 0 Å². The van der Waals surface area contributed by atoms with Crippen molar-refractivity contribution in [1.29, 1.82) is 0 Å². The Labute approximate surface area is 173 Å². The van der Waals surface area contributed by atoms with E-state index in [2.05, 4.69) is 6.92 Å². The molecule has 0 aliphatic carbocycles. The van der Waals surface area contributed by atoms with Gasteiger partial charge < -0.3 is 9.66 Å². The molecular formula is C15H31KO4S. The van der Waals surface area contributed by atoms with E-state index in [1.165, 1.54) is 51.4 Å². The third kappa shape index (κ3) is 17.7. The van der Waals surface area contributed by atoms with Crippen LogP contribution in [0.5, 0.6) is 0 Å². The van der Waals surface area contributed by atoms with E-state index >= 15 is 0 Å². The molecule has 0 saturated heterocycles. The molecule has 0 amide bonds. The van der Waals surface area contributed by atoms with E-state index in [1.54, 1.807) is 0 Å². The van der Waals surface area contributed by atoms with Crippen molar-refractivity contribution in [2.24, 2.45) is 0 Å². The summed E-state index contributed by atoms with van der Waals surface area (Å²) in [5.74, 6) is 0. The molecule has 0 rings (SSSR count). The second-order valence-corrected chi connectivity index (χ2v) is 7.15. The van der Waals surface area contributed by atoms with Crippen LogP contribution in [0.4, 0.5) is 0 Å². The number of unbranched alkanes of at least 4 members (excludes halogenated alkanes) is 11. The molecule has 0 aliphatic heterocycles. The van der Waals surface area contributed by atoms with Gasteiger partial charge in [-0.3, -0.25) is 0 Å². The van der Waals surface area contributed by atoms with Gasteiger partial charge in [0.15, 0.2) is 0 Å². The molecule has 0 saturated carbocycles. The van der Waals surface area contributed by atoms with E-state index in [0.29, 0.717) is 6.42 Å². The first-order valence-electron chi connectivity index (χ1n) is 8.11. The fraction of sp³-hybridized carbons (Fsp3) is 1.00. The minimum absolute atomic E-state index is 0. The number of aliphatic hydroxyl groups is 1. The Balaban J connectivity index is 0. The van der Waals surface area contributed by atoms with Crippen LogP contribution in [0.15, 0.2) is 0 Å². The average Bonchev–Trinajstić information content (AvgIpc) is 2.38. The van der Waals surface area contributed by atoms with Crippen LogP contribution in [0.2, 0.25) is 0 Å². The van der Waals surface area contributed by atoms with Gasteiger partial charge in [0.1, 0.15) is 15.6 Å². The van der Waals surface area contributed by atoms with Crippen molar-refractivity contribution < 1.29 is 69.5 Å². The van der Waals surface area contributed by atoms with E-state index in [4.69, 9.17) is 5.11 Å². The molecular weight excluding hydrogens is 315 g/mol. The third-order valence-electron chi connectivity index (χ3n) is 3.64. The van der Waals surface area contributed by atoms with Gasteiger partial charge in [-0.25, -0.2) is 8.42 Å². The maximum Gasteiger partial charge on any atom is 1.00 e. The van der Waals surface area contributed by atoms with E-state index in [0.717, 1.165) is 19.3 Å². The standard InChI is InChI=1S/C15H32O4S.K/c1-2-3-4-5-6-7-8-9-10-11-12-13-14-15(16)20(17,18)19;/h15-16H,2-14H2,1H3,(H,17,18,19);/q;+1/p-1. The number of aliphatic hydroxyl groups excluding tert-OH is 1. The van der Waals surface area contributed by atoms with Gasteiger partial charge in [0, 0.05) is 0 Å². The number of hydrogen-bond acceptors (Lipinski definition) is 4. The van der Waals surface area contributed by atoms with Crippen LogP contribution in [0.3, 0.4) is 0 Å². The Morgan fingerprint density at radius 1 is 0.810 bits per heavy atom. The molecule has 122 valence electrons. The molecule has 1 atom stereocenters. The molecule has 0 bridgehead atoms.